The third-order valence-electron chi connectivity index (χ3n) is 2.47. The Morgan fingerprint density at radius 1 is 1.06 bits per heavy atom. The Balaban J connectivity index is 3.16. The van der Waals surface area contributed by atoms with Crippen LogP contribution in [0, 0.1) is 6.92 Å². The molecule has 0 atom stereocenters. The monoisotopic (exact) mass is 296 g/mol. The van der Waals surface area contributed by atoms with Gasteiger partial charge in [0.25, 0.3) is 0 Å². The Labute approximate surface area is 105 Å². The molecule has 0 spiro atoms. The highest BCUT2D eigenvalue weighted by Gasteiger charge is 2.14. The molecule has 4 nitrogen and oxygen atoms in total. The number of aromatic hydroxyl groups is 3. The van der Waals surface area contributed by atoms with Crippen LogP contribution in [-0.4, -0.2) is 15.3 Å². The first-order chi connectivity index (χ1) is 7.91. The maximum absolute atomic E-state index is 11.8. The highest BCUT2D eigenvalue weighted by Crippen LogP contribution is 2.38. The highest BCUT2D eigenvalue weighted by atomic mass is 79.9. The first-order valence-electron chi connectivity index (χ1n) is 4.80. The molecule has 88 valence electrons. The number of halogens is 1. The predicted octanol–water partition coefficient (Wildman–Crippen LogP) is 2.39. The van der Waals surface area contributed by atoms with E-state index in [2.05, 4.69) is 15.9 Å². The summed E-state index contributed by atoms with van der Waals surface area (Å²) >= 11 is 3.08. The lowest BCUT2D eigenvalue weighted by Crippen LogP contribution is -1.97. The Kier molecular flexibility index (Phi) is 2.71. The lowest BCUT2D eigenvalue weighted by atomic mass is 10.1. The Morgan fingerprint density at radius 2 is 1.71 bits per heavy atom. The molecule has 0 saturated carbocycles. The first kappa shape index (κ1) is 11.7. The van der Waals surface area contributed by atoms with Gasteiger partial charge in [-0.25, -0.2) is 0 Å². The number of hydrogen-bond acceptors (Lipinski definition) is 4. The number of aryl methyl sites for hydroxylation is 1. The van der Waals surface area contributed by atoms with Crippen molar-refractivity contribution >= 4 is 26.7 Å². The van der Waals surface area contributed by atoms with Gasteiger partial charge in [-0.15, -0.1) is 0 Å². The van der Waals surface area contributed by atoms with Gasteiger partial charge in [0, 0.05) is 0 Å². The third kappa shape index (κ3) is 1.82. The summed E-state index contributed by atoms with van der Waals surface area (Å²) in [6, 6.07) is 4.46. The molecule has 0 saturated heterocycles. The van der Waals surface area contributed by atoms with Crippen LogP contribution < -0.4 is 5.43 Å². The van der Waals surface area contributed by atoms with E-state index in [1.807, 2.05) is 0 Å². The van der Waals surface area contributed by atoms with Crippen molar-refractivity contribution < 1.29 is 15.3 Å². The van der Waals surface area contributed by atoms with Gasteiger partial charge in [-0.3, -0.25) is 4.79 Å². The molecular formula is C12H9BrO4. The molecule has 0 aliphatic carbocycles. The van der Waals surface area contributed by atoms with E-state index in [4.69, 9.17) is 0 Å². The minimum atomic E-state index is -0.714. The van der Waals surface area contributed by atoms with Crippen LogP contribution >= 0.6 is 15.9 Å². The zero-order valence-corrected chi connectivity index (χ0v) is 10.4. The summed E-state index contributed by atoms with van der Waals surface area (Å²) in [7, 11) is 0. The number of hydrogen-bond donors (Lipinski definition) is 3. The van der Waals surface area contributed by atoms with Crippen molar-refractivity contribution in [3.05, 3.63) is 38.5 Å². The zero-order valence-electron chi connectivity index (χ0n) is 8.86. The molecule has 0 fully saturated rings. The summed E-state index contributed by atoms with van der Waals surface area (Å²) in [5.41, 5.74) is -0.0417. The van der Waals surface area contributed by atoms with Gasteiger partial charge in [0.1, 0.15) is 0 Å². The fourth-order valence-electron chi connectivity index (χ4n) is 1.69. The van der Waals surface area contributed by atoms with E-state index in [0.717, 1.165) is 0 Å². The lowest BCUT2D eigenvalue weighted by molar-refractivity contribution is 0.405. The largest absolute Gasteiger partial charge is 0.504 e. The fourth-order valence-corrected chi connectivity index (χ4v) is 2.13. The quantitative estimate of drug-likeness (QED) is 0.652. The van der Waals surface area contributed by atoms with E-state index in [1.165, 1.54) is 12.1 Å². The van der Waals surface area contributed by atoms with E-state index in [0.29, 0.717) is 10.9 Å². The summed E-state index contributed by atoms with van der Waals surface area (Å²) in [4.78, 5) is 11.8. The molecule has 0 amide bonds. The molecule has 3 N–H and O–H groups in total. The fraction of sp³-hybridized carbons (Fsp3) is 0.0833. The topological polar surface area (TPSA) is 77.8 Å². The molecule has 0 bridgehead atoms. The van der Waals surface area contributed by atoms with Crippen LogP contribution in [0.4, 0.5) is 0 Å². The summed E-state index contributed by atoms with van der Waals surface area (Å²) in [6.45, 7) is 1.72. The van der Waals surface area contributed by atoms with Gasteiger partial charge < -0.3 is 15.3 Å². The second-order valence-electron chi connectivity index (χ2n) is 3.77. The molecular weight excluding hydrogens is 288 g/mol. The van der Waals surface area contributed by atoms with Gasteiger partial charge in [-0.2, -0.15) is 0 Å². The van der Waals surface area contributed by atoms with E-state index < -0.39 is 22.7 Å². The van der Waals surface area contributed by atoms with Gasteiger partial charge in [-0.05, 0) is 45.9 Å². The van der Waals surface area contributed by atoms with Crippen LogP contribution in [0.15, 0.2) is 27.5 Å². The molecule has 0 heterocycles. The first-order valence-corrected chi connectivity index (χ1v) is 5.59. The average molecular weight is 297 g/mol. The molecule has 17 heavy (non-hydrogen) atoms. The zero-order chi connectivity index (χ0) is 12.7. The molecule has 0 aliphatic rings. The molecule has 0 aliphatic heterocycles. The van der Waals surface area contributed by atoms with Crippen molar-refractivity contribution in [2.75, 3.05) is 0 Å². The summed E-state index contributed by atoms with van der Waals surface area (Å²) in [6.07, 6.45) is 0. The third-order valence-corrected chi connectivity index (χ3v) is 3.07. The second-order valence-corrected chi connectivity index (χ2v) is 4.62. The smallest absolute Gasteiger partial charge is 0.231 e. The molecule has 0 radical (unpaired) electrons. The maximum atomic E-state index is 11.8. The molecule has 0 aromatic heterocycles. The molecule has 5 heteroatoms. The number of phenolic OH excluding ortho intramolecular Hbond substituents is 2. The number of benzene rings is 1. The normalized spacial score (nSPS) is 10.7. The highest BCUT2D eigenvalue weighted by molar-refractivity contribution is 9.10. The van der Waals surface area contributed by atoms with Gasteiger partial charge in [0.2, 0.25) is 5.43 Å². The van der Waals surface area contributed by atoms with Crippen molar-refractivity contribution in [3.8, 4) is 17.2 Å². The van der Waals surface area contributed by atoms with Crippen molar-refractivity contribution in [1.82, 2.24) is 0 Å². The van der Waals surface area contributed by atoms with Crippen LogP contribution in [-0.2, 0) is 0 Å². The summed E-state index contributed by atoms with van der Waals surface area (Å²) in [5.74, 6) is -1.42. The van der Waals surface area contributed by atoms with Crippen LogP contribution in [0.2, 0.25) is 0 Å². The number of rotatable bonds is 0. The van der Waals surface area contributed by atoms with Crippen LogP contribution in [0.25, 0.3) is 10.8 Å². The number of fused-ring (bicyclic) bond motifs is 1. The Bertz CT molecular complexity index is 680. The number of phenols is 2. The van der Waals surface area contributed by atoms with Gasteiger partial charge in [-0.1, -0.05) is 6.07 Å². The summed E-state index contributed by atoms with van der Waals surface area (Å²) < 4.78 is 0.284. The van der Waals surface area contributed by atoms with Crippen LogP contribution in [0.3, 0.4) is 0 Å². The Hall–Kier alpha value is -1.75. The average Bonchev–Trinajstić information content (AvgIpc) is 2.34. The Morgan fingerprint density at radius 3 is 2.35 bits per heavy atom. The lowest BCUT2D eigenvalue weighted by Gasteiger charge is -2.02. The molecule has 2 aromatic rings. The molecule has 2 aromatic carbocycles. The van der Waals surface area contributed by atoms with E-state index in [1.54, 1.807) is 13.0 Å². The van der Waals surface area contributed by atoms with Crippen molar-refractivity contribution in [3.63, 3.8) is 0 Å². The van der Waals surface area contributed by atoms with Crippen LogP contribution in [0.1, 0.15) is 5.56 Å². The van der Waals surface area contributed by atoms with Gasteiger partial charge >= 0.3 is 0 Å². The van der Waals surface area contributed by atoms with Crippen molar-refractivity contribution in [2.45, 2.75) is 6.92 Å². The minimum Gasteiger partial charge on any atom is -0.504 e. The van der Waals surface area contributed by atoms with Gasteiger partial charge in [0.15, 0.2) is 17.2 Å². The summed E-state index contributed by atoms with van der Waals surface area (Å²) in [5, 5.41) is 29.2. The van der Waals surface area contributed by atoms with E-state index in [9.17, 15) is 20.1 Å². The van der Waals surface area contributed by atoms with Crippen molar-refractivity contribution in [2.24, 2.45) is 0 Å². The SMILES string of the molecule is Cc1cc(O)c(=O)c2c(O)c(O)c(Br)cc2c1. The molecule has 2 rings (SSSR count). The predicted molar refractivity (Wildman–Crippen MR) is 67.6 cm³/mol. The standard InChI is InChI=1S/C12H9BrO4/c1-5-2-6-4-7(13)10(15)12(17)9(6)11(16)8(14)3-5/h2-4,15,17H,1H3,(H,14,16). The maximum Gasteiger partial charge on any atom is 0.231 e. The second kappa shape index (κ2) is 3.92. The van der Waals surface area contributed by atoms with Crippen LogP contribution in [0.5, 0.6) is 17.2 Å². The van der Waals surface area contributed by atoms with E-state index in [-0.39, 0.29) is 9.86 Å². The van der Waals surface area contributed by atoms with Crippen molar-refractivity contribution in [1.29, 1.82) is 0 Å². The van der Waals surface area contributed by atoms with E-state index >= 15 is 0 Å². The minimum absolute atomic E-state index is 0.101. The molecule has 0 unspecified atom stereocenters. The van der Waals surface area contributed by atoms with Gasteiger partial charge in [0.05, 0.1) is 9.86 Å².